The van der Waals surface area contributed by atoms with Gasteiger partial charge in [-0.15, -0.1) is 0 Å². The highest BCUT2D eigenvalue weighted by molar-refractivity contribution is 5.99. The molecule has 1 saturated heterocycles. The largest absolute Gasteiger partial charge is 0.383 e. The monoisotopic (exact) mass is 322 g/mol. The maximum atomic E-state index is 13.9. The third-order valence-corrected chi connectivity index (χ3v) is 4.20. The summed E-state index contributed by atoms with van der Waals surface area (Å²) in [5.41, 5.74) is 0.734. The molecule has 1 N–H and O–H groups in total. The van der Waals surface area contributed by atoms with Gasteiger partial charge in [0, 0.05) is 31.4 Å². The summed E-state index contributed by atoms with van der Waals surface area (Å²) in [5, 5.41) is 3.29. The molecule has 1 aromatic carbocycles. The fourth-order valence-corrected chi connectivity index (χ4v) is 3.11. The number of hydrogen-bond acceptors (Lipinski definition) is 4. The van der Waals surface area contributed by atoms with Crippen LogP contribution < -0.4 is 5.32 Å². The quantitative estimate of drug-likeness (QED) is 0.783. The molecule has 2 rings (SSSR count). The average Bonchev–Trinajstić information content (AvgIpc) is 2.51. The lowest BCUT2D eigenvalue weighted by molar-refractivity contribution is 0.0151. The minimum atomic E-state index is -0.464. The van der Waals surface area contributed by atoms with Gasteiger partial charge in [0.25, 0.3) is 0 Å². The number of ketones is 1. The van der Waals surface area contributed by atoms with Gasteiger partial charge in [0.2, 0.25) is 0 Å². The Kier molecular flexibility index (Phi) is 6.54. The van der Waals surface area contributed by atoms with E-state index in [1.165, 1.54) is 13.0 Å². The van der Waals surface area contributed by atoms with Gasteiger partial charge < -0.3 is 10.1 Å². The van der Waals surface area contributed by atoms with Crippen LogP contribution in [0, 0.1) is 11.7 Å². The van der Waals surface area contributed by atoms with Crippen LogP contribution in [0.2, 0.25) is 0 Å². The Morgan fingerprint density at radius 2 is 2.04 bits per heavy atom. The first kappa shape index (κ1) is 17.9. The van der Waals surface area contributed by atoms with Gasteiger partial charge >= 0.3 is 0 Å². The topological polar surface area (TPSA) is 41.6 Å². The molecule has 0 bridgehead atoms. The van der Waals surface area contributed by atoms with Gasteiger partial charge in [0.05, 0.1) is 18.8 Å². The van der Waals surface area contributed by atoms with Crippen molar-refractivity contribution < 1.29 is 13.9 Å². The maximum absolute atomic E-state index is 13.9. The molecule has 23 heavy (non-hydrogen) atoms. The molecule has 1 fully saturated rings. The zero-order valence-corrected chi connectivity index (χ0v) is 14.3. The Labute approximate surface area is 138 Å². The maximum Gasteiger partial charge on any atom is 0.164 e. The summed E-state index contributed by atoms with van der Waals surface area (Å²) in [5.74, 6) is -0.143. The summed E-state index contributed by atoms with van der Waals surface area (Å²) in [6.45, 7) is 9.86. The zero-order chi connectivity index (χ0) is 16.8. The van der Waals surface area contributed by atoms with Crippen molar-refractivity contribution in [3.63, 3.8) is 0 Å². The second-order valence-corrected chi connectivity index (χ2v) is 6.53. The summed E-state index contributed by atoms with van der Waals surface area (Å²) < 4.78 is 19.3. The van der Waals surface area contributed by atoms with E-state index in [0.29, 0.717) is 24.2 Å². The lowest BCUT2D eigenvalue weighted by atomic mass is 10.0. The number of carbonyl (C=O) groups excluding carboxylic acids is 1. The standard InChI is InChI=1S/C18H27FN2O2/c1-13(2)11-15(21-7-9-23-10-8-21)12-20-17-6-4-5-16(19)18(17)14(3)22/h4-6,13,15,20H,7-12H2,1-3H3. The molecule has 1 aromatic rings. The van der Waals surface area contributed by atoms with Crippen LogP contribution in [0.4, 0.5) is 10.1 Å². The molecule has 0 aliphatic carbocycles. The number of hydrogen-bond donors (Lipinski definition) is 1. The Hall–Kier alpha value is -1.46. The molecule has 1 aliphatic heterocycles. The number of carbonyl (C=O) groups is 1. The summed E-state index contributed by atoms with van der Waals surface area (Å²) in [6.07, 6.45) is 1.05. The van der Waals surface area contributed by atoms with Gasteiger partial charge in [0.1, 0.15) is 5.82 Å². The molecule has 1 aliphatic rings. The van der Waals surface area contributed by atoms with Crippen molar-refractivity contribution in [2.45, 2.75) is 33.2 Å². The molecule has 0 saturated carbocycles. The molecule has 0 amide bonds. The molecule has 0 spiro atoms. The van der Waals surface area contributed by atoms with Crippen LogP contribution in [-0.2, 0) is 4.74 Å². The third kappa shape index (κ3) is 5.01. The van der Waals surface area contributed by atoms with Gasteiger partial charge in [-0.2, -0.15) is 0 Å². The first-order valence-electron chi connectivity index (χ1n) is 8.34. The van der Waals surface area contributed by atoms with Crippen molar-refractivity contribution in [3.8, 4) is 0 Å². The normalized spacial score (nSPS) is 17.3. The number of morpholine rings is 1. The lowest BCUT2D eigenvalue weighted by Gasteiger charge is -2.35. The molecule has 1 heterocycles. The Morgan fingerprint density at radius 1 is 1.35 bits per heavy atom. The first-order chi connectivity index (χ1) is 11.0. The zero-order valence-electron chi connectivity index (χ0n) is 14.3. The van der Waals surface area contributed by atoms with Crippen LogP contribution in [0.15, 0.2) is 18.2 Å². The highest BCUT2D eigenvalue weighted by Gasteiger charge is 2.22. The van der Waals surface area contributed by atoms with E-state index in [1.807, 2.05) is 0 Å². The minimum Gasteiger partial charge on any atom is -0.383 e. The molecule has 1 atom stereocenters. The number of halogens is 1. The number of rotatable bonds is 7. The van der Waals surface area contributed by atoms with Crippen molar-refractivity contribution in [3.05, 3.63) is 29.6 Å². The van der Waals surface area contributed by atoms with Crippen molar-refractivity contribution >= 4 is 11.5 Å². The van der Waals surface area contributed by atoms with E-state index in [0.717, 1.165) is 32.7 Å². The van der Waals surface area contributed by atoms with Crippen LogP contribution in [-0.4, -0.2) is 49.6 Å². The summed E-state index contributed by atoms with van der Waals surface area (Å²) >= 11 is 0. The first-order valence-corrected chi connectivity index (χ1v) is 8.34. The van der Waals surface area contributed by atoms with Crippen LogP contribution in [0.1, 0.15) is 37.6 Å². The van der Waals surface area contributed by atoms with Crippen molar-refractivity contribution in [2.75, 3.05) is 38.2 Å². The van der Waals surface area contributed by atoms with Gasteiger partial charge in [0.15, 0.2) is 5.78 Å². The SMILES string of the molecule is CC(=O)c1c(F)cccc1NCC(CC(C)C)N1CCOCC1. The van der Waals surface area contributed by atoms with Crippen molar-refractivity contribution in [1.29, 1.82) is 0 Å². The predicted octanol–water partition coefficient (Wildman–Crippen LogP) is 3.19. The van der Waals surface area contributed by atoms with Gasteiger partial charge in [-0.3, -0.25) is 9.69 Å². The average molecular weight is 322 g/mol. The number of Topliss-reactive ketones (excluding diaryl/α,β-unsaturated/α-hetero) is 1. The van der Waals surface area contributed by atoms with E-state index < -0.39 is 5.82 Å². The lowest BCUT2D eigenvalue weighted by Crippen LogP contribution is -2.47. The van der Waals surface area contributed by atoms with E-state index >= 15 is 0 Å². The Bertz CT molecular complexity index is 528. The number of benzene rings is 1. The molecular formula is C18H27FN2O2. The smallest absolute Gasteiger partial charge is 0.164 e. The second kappa shape index (κ2) is 8.41. The van der Waals surface area contributed by atoms with Crippen LogP contribution in [0.3, 0.4) is 0 Å². The van der Waals surface area contributed by atoms with E-state index in [1.54, 1.807) is 12.1 Å². The highest BCUT2D eigenvalue weighted by atomic mass is 19.1. The van der Waals surface area contributed by atoms with E-state index in [4.69, 9.17) is 4.74 Å². The number of nitrogens with zero attached hydrogens (tertiary/aromatic N) is 1. The number of nitrogens with one attached hydrogen (secondary N) is 1. The number of anilines is 1. The molecular weight excluding hydrogens is 295 g/mol. The Balaban J connectivity index is 2.08. The van der Waals surface area contributed by atoms with Crippen molar-refractivity contribution in [1.82, 2.24) is 4.90 Å². The number of ether oxygens (including phenoxy) is 1. The summed E-state index contributed by atoms with van der Waals surface area (Å²) in [6, 6.07) is 5.08. The summed E-state index contributed by atoms with van der Waals surface area (Å²) in [4.78, 5) is 14.1. The second-order valence-electron chi connectivity index (χ2n) is 6.53. The third-order valence-electron chi connectivity index (χ3n) is 4.20. The Morgan fingerprint density at radius 3 is 2.65 bits per heavy atom. The van der Waals surface area contributed by atoms with Gasteiger partial charge in [-0.25, -0.2) is 4.39 Å². The molecule has 0 aromatic heterocycles. The molecule has 128 valence electrons. The highest BCUT2D eigenvalue weighted by Crippen LogP contribution is 2.21. The molecule has 5 heteroatoms. The van der Waals surface area contributed by atoms with Gasteiger partial charge in [-0.05, 0) is 31.4 Å². The molecule has 1 unspecified atom stereocenters. The van der Waals surface area contributed by atoms with E-state index in [9.17, 15) is 9.18 Å². The van der Waals surface area contributed by atoms with Gasteiger partial charge in [-0.1, -0.05) is 19.9 Å². The molecule has 0 radical (unpaired) electrons. The van der Waals surface area contributed by atoms with Crippen LogP contribution in [0.25, 0.3) is 0 Å². The van der Waals surface area contributed by atoms with E-state index in [2.05, 4.69) is 24.1 Å². The van der Waals surface area contributed by atoms with Crippen LogP contribution >= 0.6 is 0 Å². The fraction of sp³-hybridized carbons (Fsp3) is 0.611. The van der Waals surface area contributed by atoms with Crippen LogP contribution in [0.5, 0.6) is 0 Å². The van der Waals surface area contributed by atoms with Crippen molar-refractivity contribution in [2.24, 2.45) is 5.92 Å². The fourth-order valence-electron chi connectivity index (χ4n) is 3.11. The van der Waals surface area contributed by atoms with E-state index in [-0.39, 0.29) is 11.3 Å². The molecule has 4 nitrogen and oxygen atoms in total. The minimum absolute atomic E-state index is 0.151. The summed E-state index contributed by atoms with van der Waals surface area (Å²) in [7, 11) is 0. The predicted molar refractivity (Wildman–Crippen MR) is 90.5 cm³/mol.